The van der Waals surface area contributed by atoms with E-state index in [1.807, 2.05) is 25.7 Å². The lowest BCUT2D eigenvalue weighted by Crippen LogP contribution is -2.50. The Hall–Kier alpha value is -1.30. The van der Waals surface area contributed by atoms with Crippen molar-refractivity contribution >= 4 is 12.1 Å². The molecule has 0 aromatic rings. The predicted octanol–water partition coefficient (Wildman–Crippen LogP) is 1.22. The maximum absolute atomic E-state index is 11.5. The number of guanidine groups is 1. The number of alkyl carbamates (subject to hydrolysis) is 1. The van der Waals surface area contributed by atoms with Crippen molar-refractivity contribution in [3.8, 4) is 0 Å². The van der Waals surface area contributed by atoms with Gasteiger partial charge in [0.25, 0.3) is 0 Å². The molecule has 0 atom stereocenters. The van der Waals surface area contributed by atoms with Crippen molar-refractivity contribution in [3.63, 3.8) is 0 Å². The van der Waals surface area contributed by atoms with E-state index in [0.717, 1.165) is 13.1 Å². The molecular formula is C12H23N3O3. The first-order valence-electron chi connectivity index (χ1n) is 6.28. The van der Waals surface area contributed by atoms with Crippen LogP contribution in [0.25, 0.3) is 0 Å². The largest absolute Gasteiger partial charge is 0.450 e. The fourth-order valence-electron chi connectivity index (χ4n) is 1.53. The molecule has 1 fully saturated rings. The number of amides is 1. The third-order valence-electron chi connectivity index (χ3n) is 2.24. The Morgan fingerprint density at radius 2 is 2.00 bits per heavy atom. The lowest BCUT2D eigenvalue weighted by molar-refractivity contribution is 0.0657. The van der Waals surface area contributed by atoms with Crippen LogP contribution in [0.1, 0.15) is 27.7 Å². The van der Waals surface area contributed by atoms with Gasteiger partial charge in [0.15, 0.2) is 0 Å². The highest BCUT2D eigenvalue weighted by atomic mass is 16.5. The van der Waals surface area contributed by atoms with Crippen molar-refractivity contribution in [3.05, 3.63) is 0 Å². The van der Waals surface area contributed by atoms with Crippen LogP contribution in [0, 0.1) is 0 Å². The van der Waals surface area contributed by atoms with Crippen LogP contribution in [0.15, 0.2) is 4.99 Å². The number of hydrogen-bond donors (Lipinski definition) is 1. The van der Waals surface area contributed by atoms with E-state index >= 15 is 0 Å². The molecule has 0 spiro atoms. The smallest absolute Gasteiger partial charge is 0.413 e. The first-order valence-corrected chi connectivity index (χ1v) is 6.28. The summed E-state index contributed by atoms with van der Waals surface area (Å²) in [5.74, 6) is 0.559. The molecular weight excluding hydrogens is 234 g/mol. The molecule has 1 N–H and O–H groups in total. The van der Waals surface area contributed by atoms with Crippen LogP contribution in [0.5, 0.6) is 0 Å². The van der Waals surface area contributed by atoms with Crippen molar-refractivity contribution in [2.45, 2.75) is 33.2 Å². The van der Waals surface area contributed by atoms with Crippen molar-refractivity contribution in [1.82, 2.24) is 10.2 Å². The van der Waals surface area contributed by atoms with Gasteiger partial charge in [0.05, 0.1) is 25.4 Å². The number of carbonyl (C=O) groups excluding carboxylic acids is 1. The zero-order chi connectivity index (χ0) is 13.6. The van der Waals surface area contributed by atoms with Gasteiger partial charge in [-0.15, -0.1) is 0 Å². The van der Waals surface area contributed by atoms with Gasteiger partial charge in [-0.3, -0.25) is 5.32 Å². The molecule has 0 radical (unpaired) electrons. The minimum absolute atomic E-state index is 0.257. The second-order valence-corrected chi connectivity index (χ2v) is 5.05. The van der Waals surface area contributed by atoms with Gasteiger partial charge in [0.2, 0.25) is 5.96 Å². The Labute approximate surface area is 108 Å². The molecule has 0 bridgehead atoms. The molecule has 6 nitrogen and oxygen atoms in total. The lowest BCUT2D eigenvalue weighted by Gasteiger charge is -2.31. The monoisotopic (exact) mass is 257 g/mol. The summed E-state index contributed by atoms with van der Waals surface area (Å²) < 4.78 is 10.2. The Bertz CT molecular complexity index is 304. The van der Waals surface area contributed by atoms with E-state index in [0.29, 0.717) is 25.8 Å². The molecule has 104 valence electrons. The Balaban J connectivity index is 2.74. The number of morpholine rings is 1. The van der Waals surface area contributed by atoms with E-state index in [4.69, 9.17) is 9.47 Å². The Morgan fingerprint density at radius 1 is 1.39 bits per heavy atom. The van der Waals surface area contributed by atoms with Crippen LogP contribution in [-0.4, -0.2) is 55.4 Å². The average Bonchev–Trinajstić information content (AvgIpc) is 2.28. The van der Waals surface area contributed by atoms with E-state index in [1.165, 1.54) is 0 Å². The summed E-state index contributed by atoms with van der Waals surface area (Å²) in [5.41, 5.74) is -0.257. The molecule has 18 heavy (non-hydrogen) atoms. The minimum Gasteiger partial charge on any atom is -0.450 e. The summed E-state index contributed by atoms with van der Waals surface area (Å²) >= 11 is 0. The molecule has 0 aromatic carbocycles. The number of ether oxygens (including phenoxy) is 2. The molecule has 1 heterocycles. The number of hydrogen-bond acceptors (Lipinski definition) is 4. The second-order valence-electron chi connectivity index (χ2n) is 5.05. The Kier molecular flexibility index (Phi) is 5.40. The van der Waals surface area contributed by atoms with Crippen LogP contribution in [-0.2, 0) is 9.47 Å². The van der Waals surface area contributed by atoms with E-state index in [1.54, 1.807) is 6.92 Å². The van der Waals surface area contributed by atoms with Gasteiger partial charge in [-0.1, -0.05) is 0 Å². The third-order valence-corrected chi connectivity index (χ3v) is 2.24. The summed E-state index contributed by atoms with van der Waals surface area (Å²) in [6.45, 7) is 10.8. The fourth-order valence-corrected chi connectivity index (χ4v) is 1.53. The van der Waals surface area contributed by atoms with E-state index in [9.17, 15) is 4.79 Å². The molecule has 1 amide bonds. The average molecular weight is 257 g/mol. The van der Waals surface area contributed by atoms with Gasteiger partial charge in [-0.25, -0.2) is 9.79 Å². The standard InChI is InChI=1S/C12H23N3O3/c1-5-18-11(16)13-10(14-12(2,3)4)15-6-8-17-9-7-15/h5-9H2,1-4H3,(H,13,14,16). The molecule has 0 aliphatic carbocycles. The zero-order valence-corrected chi connectivity index (χ0v) is 11.7. The topological polar surface area (TPSA) is 63.2 Å². The van der Waals surface area contributed by atoms with Gasteiger partial charge < -0.3 is 14.4 Å². The van der Waals surface area contributed by atoms with Crippen molar-refractivity contribution in [2.75, 3.05) is 32.9 Å². The molecule has 0 saturated carbocycles. The maximum atomic E-state index is 11.5. The van der Waals surface area contributed by atoms with Crippen molar-refractivity contribution < 1.29 is 14.3 Å². The summed E-state index contributed by atoms with van der Waals surface area (Å²) in [4.78, 5) is 18.0. The molecule has 0 aromatic heterocycles. The van der Waals surface area contributed by atoms with Crippen LogP contribution in [0.4, 0.5) is 4.79 Å². The number of carbonyl (C=O) groups is 1. The fraction of sp³-hybridized carbons (Fsp3) is 0.833. The van der Waals surface area contributed by atoms with Crippen LogP contribution in [0.2, 0.25) is 0 Å². The lowest BCUT2D eigenvalue weighted by atomic mass is 10.1. The third kappa shape index (κ3) is 5.35. The highest BCUT2D eigenvalue weighted by Crippen LogP contribution is 2.09. The SMILES string of the molecule is CCOC(=O)NC(=NC(C)(C)C)N1CCOCC1. The molecule has 0 unspecified atom stereocenters. The van der Waals surface area contributed by atoms with Gasteiger partial charge in [0.1, 0.15) is 0 Å². The van der Waals surface area contributed by atoms with E-state index in [2.05, 4.69) is 10.3 Å². The minimum atomic E-state index is -0.466. The maximum Gasteiger partial charge on any atom is 0.413 e. The van der Waals surface area contributed by atoms with Crippen molar-refractivity contribution in [1.29, 1.82) is 0 Å². The van der Waals surface area contributed by atoms with Crippen molar-refractivity contribution in [2.24, 2.45) is 4.99 Å². The quantitative estimate of drug-likeness (QED) is 0.566. The zero-order valence-electron chi connectivity index (χ0n) is 11.7. The van der Waals surface area contributed by atoms with Gasteiger partial charge in [-0.2, -0.15) is 0 Å². The first-order chi connectivity index (χ1) is 8.42. The highest BCUT2D eigenvalue weighted by Gasteiger charge is 2.20. The molecule has 1 rings (SSSR count). The molecule has 1 aliphatic rings. The molecule has 6 heteroatoms. The molecule has 1 saturated heterocycles. The second kappa shape index (κ2) is 6.58. The number of rotatable bonds is 1. The number of nitrogens with one attached hydrogen (secondary N) is 1. The normalized spacial score (nSPS) is 17.6. The highest BCUT2D eigenvalue weighted by molar-refractivity contribution is 5.94. The molecule has 1 aliphatic heterocycles. The summed E-state index contributed by atoms with van der Waals surface area (Å²) in [5, 5.41) is 2.70. The summed E-state index contributed by atoms with van der Waals surface area (Å²) in [6, 6.07) is 0. The van der Waals surface area contributed by atoms with Crippen LogP contribution >= 0.6 is 0 Å². The summed E-state index contributed by atoms with van der Waals surface area (Å²) in [6.07, 6.45) is -0.466. The number of aliphatic imine (C=N–C) groups is 1. The van der Waals surface area contributed by atoms with Crippen LogP contribution in [0.3, 0.4) is 0 Å². The first kappa shape index (κ1) is 14.8. The van der Waals surface area contributed by atoms with Gasteiger partial charge in [-0.05, 0) is 27.7 Å². The summed E-state index contributed by atoms with van der Waals surface area (Å²) in [7, 11) is 0. The van der Waals surface area contributed by atoms with Gasteiger partial charge in [0, 0.05) is 13.1 Å². The van der Waals surface area contributed by atoms with Crippen LogP contribution < -0.4 is 5.32 Å². The van der Waals surface area contributed by atoms with E-state index < -0.39 is 6.09 Å². The number of nitrogens with zero attached hydrogens (tertiary/aromatic N) is 2. The predicted molar refractivity (Wildman–Crippen MR) is 69.7 cm³/mol. The Morgan fingerprint density at radius 3 is 2.50 bits per heavy atom. The van der Waals surface area contributed by atoms with E-state index in [-0.39, 0.29) is 5.54 Å². The van der Waals surface area contributed by atoms with Gasteiger partial charge >= 0.3 is 6.09 Å².